The van der Waals surface area contributed by atoms with Crippen LogP contribution in [0.5, 0.6) is 5.75 Å². The second-order valence-electron chi connectivity index (χ2n) is 6.42. The molecule has 3 aromatic rings. The van der Waals surface area contributed by atoms with Crippen LogP contribution in [0.3, 0.4) is 0 Å². The predicted molar refractivity (Wildman–Crippen MR) is 107 cm³/mol. The Morgan fingerprint density at radius 2 is 1.68 bits per heavy atom. The summed E-state index contributed by atoms with van der Waals surface area (Å²) >= 11 is 0. The SMILES string of the molecule is COc1ccccc1N1CCN(c2cnnc(Nc3ccc(F)cc3)n2)CC1. The van der Waals surface area contributed by atoms with Crippen molar-refractivity contribution >= 4 is 23.1 Å². The molecule has 8 heteroatoms. The Kier molecular flexibility index (Phi) is 5.18. The van der Waals surface area contributed by atoms with Gasteiger partial charge in [0.15, 0.2) is 5.82 Å². The summed E-state index contributed by atoms with van der Waals surface area (Å²) in [7, 11) is 1.69. The molecular weight excluding hydrogens is 359 g/mol. The van der Waals surface area contributed by atoms with E-state index in [1.807, 2.05) is 18.2 Å². The van der Waals surface area contributed by atoms with Crippen molar-refractivity contribution < 1.29 is 9.13 Å². The minimum Gasteiger partial charge on any atom is -0.495 e. The molecule has 1 aliphatic heterocycles. The minimum atomic E-state index is -0.286. The molecule has 28 heavy (non-hydrogen) atoms. The molecule has 0 unspecified atom stereocenters. The fraction of sp³-hybridized carbons (Fsp3) is 0.250. The molecule has 4 rings (SSSR count). The van der Waals surface area contributed by atoms with E-state index in [0.29, 0.717) is 11.6 Å². The number of methoxy groups -OCH3 is 1. The molecule has 1 saturated heterocycles. The molecule has 0 atom stereocenters. The quantitative estimate of drug-likeness (QED) is 0.730. The number of rotatable bonds is 5. The number of nitrogens with zero attached hydrogens (tertiary/aromatic N) is 5. The Morgan fingerprint density at radius 1 is 0.964 bits per heavy atom. The van der Waals surface area contributed by atoms with Crippen LogP contribution in [0.2, 0.25) is 0 Å². The first-order valence-corrected chi connectivity index (χ1v) is 9.08. The lowest BCUT2D eigenvalue weighted by molar-refractivity contribution is 0.413. The molecule has 1 aromatic heterocycles. The van der Waals surface area contributed by atoms with E-state index in [1.54, 1.807) is 25.4 Å². The first-order chi connectivity index (χ1) is 13.7. The topological polar surface area (TPSA) is 66.4 Å². The van der Waals surface area contributed by atoms with Gasteiger partial charge in [-0.2, -0.15) is 10.1 Å². The Bertz CT molecular complexity index is 928. The van der Waals surface area contributed by atoms with E-state index in [2.05, 4.69) is 36.4 Å². The molecule has 1 N–H and O–H groups in total. The number of hydrogen-bond acceptors (Lipinski definition) is 7. The predicted octanol–water partition coefficient (Wildman–Crippen LogP) is 3.09. The highest BCUT2D eigenvalue weighted by atomic mass is 19.1. The van der Waals surface area contributed by atoms with E-state index in [1.165, 1.54) is 12.1 Å². The minimum absolute atomic E-state index is 0.286. The standard InChI is InChI=1S/C20H21FN6O/c1-28-18-5-3-2-4-17(18)26-10-12-27(13-11-26)19-14-22-25-20(24-19)23-16-8-6-15(21)7-9-16/h2-9,14H,10-13H2,1H3,(H,23,24,25). The number of para-hydroxylation sites is 2. The van der Waals surface area contributed by atoms with Crippen molar-refractivity contribution in [2.45, 2.75) is 0 Å². The van der Waals surface area contributed by atoms with Crippen molar-refractivity contribution in [2.24, 2.45) is 0 Å². The second kappa shape index (κ2) is 8.08. The number of halogens is 1. The Balaban J connectivity index is 1.42. The van der Waals surface area contributed by atoms with Gasteiger partial charge in [0, 0.05) is 31.9 Å². The maximum absolute atomic E-state index is 13.0. The first-order valence-electron chi connectivity index (χ1n) is 9.08. The Morgan fingerprint density at radius 3 is 2.43 bits per heavy atom. The number of aromatic nitrogens is 3. The van der Waals surface area contributed by atoms with E-state index >= 15 is 0 Å². The molecule has 0 amide bonds. The normalized spacial score (nSPS) is 14.1. The van der Waals surface area contributed by atoms with E-state index in [9.17, 15) is 4.39 Å². The van der Waals surface area contributed by atoms with Crippen LogP contribution in [-0.2, 0) is 0 Å². The van der Waals surface area contributed by atoms with Gasteiger partial charge in [-0.15, -0.1) is 5.10 Å². The summed E-state index contributed by atoms with van der Waals surface area (Å²) in [5.41, 5.74) is 1.81. The highest BCUT2D eigenvalue weighted by Gasteiger charge is 2.21. The van der Waals surface area contributed by atoms with E-state index in [0.717, 1.165) is 43.4 Å². The van der Waals surface area contributed by atoms with Gasteiger partial charge in [0.1, 0.15) is 11.6 Å². The van der Waals surface area contributed by atoms with Crippen molar-refractivity contribution in [3.63, 3.8) is 0 Å². The molecule has 1 fully saturated rings. The van der Waals surface area contributed by atoms with Crippen LogP contribution in [0.25, 0.3) is 0 Å². The van der Waals surface area contributed by atoms with Crippen molar-refractivity contribution in [1.82, 2.24) is 15.2 Å². The zero-order valence-corrected chi connectivity index (χ0v) is 15.5. The molecule has 0 radical (unpaired) electrons. The van der Waals surface area contributed by atoms with Crippen molar-refractivity contribution in [3.8, 4) is 5.75 Å². The van der Waals surface area contributed by atoms with Gasteiger partial charge >= 0.3 is 0 Å². The number of nitrogens with one attached hydrogen (secondary N) is 1. The molecule has 0 aliphatic carbocycles. The second-order valence-corrected chi connectivity index (χ2v) is 6.42. The fourth-order valence-electron chi connectivity index (χ4n) is 3.23. The number of piperazine rings is 1. The van der Waals surface area contributed by atoms with Crippen molar-refractivity contribution in [1.29, 1.82) is 0 Å². The smallest absolute Gasteiger partial charge is 0.249 e. The average molecular weight is 380 g/mol. The van der Waals surface area contributed by atoms with E-state index in [-0.39, 0.29) is 5.82 Å². The van der Waals surface area contributed by atoms with Gasteiger partial charge in [-0.25, -0.2) is 4.39 Å². The summed E-state index contributed by atoms with van der Waals surface area (Å²) in [5, 5.41) is 11.1. The van der Waals surface area contributed by atoms with Gasteiger partial charge in [-0.3, -0.25) is 0 Å². The van der Waals surface area contributed by atoms with Crippen LogP contribution in [0.4, 0.5) is 27.5 Å². The van der Waals surface area contributed by atoms with Gasteiger partial charge in [-0.1, -0.05) is 12.1 Å². The molecule has 0 spiro atoms. The molecule has 1 aliphatic rings. The van der Waals surface area contributed by atoms with Crippen LogP contribution in [0, 0.1) is 5.82 Å². The van der Waals surface area contributed by atoms with Crippen LogP contribution in [-0.4, -0.2) is 48.5 Å². The summed E-state index contributed by atoms with van der Waals surface area (Å²) < 4.78 is 18.5. The zero-order chi connectivity index (χ0) is 19.3. The van der Waals surface area contributed by atoms with Crippen LogP contribution < -0.4 is 19.9 Å². The van der Waals surface area contributed by atoms with Gasteiger partial charge in [0.05, 0.1) is 19.0 Å². The van der Waals surface area contributed by atoms with Crippen molar-refractivity contribution in [3.05, 3.63) is 60.5 Å². The number of ether oxygens (including phenoxy) is 1. The Labute approximate surface area is 162 Å². The highest BCUT2D eigenvalue weighted by Crippen LogP contribution is 2.29. The highest BCUT2D eigenvalue weighted by molar-refractivity contribution is 5.60. The van der Waals surface area contributed by atoms with Crippen LogP contribution >= 0.6 is 0 Å². The van der Waals surface area contributed by atoms with Crippen LogP contribution in [0.1, 0.15) is 0 Å². The molecule has 0 bridgehead atoms. The summed E-state index contributed by atoms with van der Waals surface area (Å²) in [4.78, 5) is 9.03. The third-order valence-corrected chi connectivity index (χ3v) is 4.68. The lowest BCUT2D eigenvalue weighted by Crippen LogP contribution is -2.47. The van der Waals surface area contributed by atoms with Crippen LogP contribution in [0.15, 0.2) is 54.7 Å². The maximum atomic E-state index is 13.0. The Hall–Kier alpha value is -3.42. The third kappa shape index (κ3) is 3.95. The summed E-state index contributed by atoms with van der Waals surface area (Å²) in [5.74, 6) is 1.74. The lowest BCUT2D eigenvalue weighted by Gasteiger charge is -2.37. The number of anilines is 4. The molecular formula is C20H21FN6O. The maximum Gasteiger partial charge on any atom is 0.249 e. The molecule has 2 aromatic carbocycles. The summed E-state index contributed by atoms with van der Waals surface area (Å²) in [6, 6.07) is 14.1. The number of hydrogen-bond donors (Lipinski definition) is 1. The fourth-order valence-corrected chi connectivity index (χ4v) is 3.23. The van der Waals surface area contributed by atoms with Gasteiger partial charge < -0.3 is 19.9 Å². The molecule has 144 valence electrons. The zero-order valence-electron chi connectivity index (χ0n) is 15.5. The third-order valence-electron chi connectivity index (χ3n) is 4.68. The molecule has 7 nitrogen and oxygen atoms in total. The summed E-state index contributed by atoms with van der Waals surface area (Å²) in [6.45, 7) is 3.33. The van der Waals surface area contributed by atoms with Crippen molar-refractivity contribution in [2.75, 3.05) is 48.4 Å². The van der Waals surface area contributed by atoms with E-state index < -0.39 is 0 Å². The average Bonchev–Trinajstić information content (AvgIpc) is 2.76. The largest absolute Gasteiger partial charge is 0.495 e. The monoisotopic (exact) mass is 380 g/mol. The van der Waals surface area contributed by atoms with Gasteiger partial charge in [-0.05, 0) is 36.4 Å². The first kappa shape index (κ1) is 18.0. The lowest BCUT2D eigenvalue weighted by atomic mass is 10.2. The van der Waals surface area contributed by atoms with Gasteiger partial charge in [0.2, 0.25) is 5.95 Å². The number of benzene rings is 2. The molecule has 2 heterocycles. The van der Waals surface area contributed by atoms with E-state index in [4.69, 9.17) is 4.74 Å². The molecule has 0 saturated carbocycles. The summed E-state index contributed by atoms with van der Waals surface area (Å²) in [6.07, 6.45) is 1.66. The van der Waals surface area contributed by atoms with Gasteiger partial charge in [0.25, 0.3) is 0 Å².